The van der Waals surface area contributed by atoms with Crippen LogP contribution in [0.25, 0.3) is 0 Å². The maximum atomic E-state index is 13.2. The van der Waals surface area contributed by atoms with E-state index in [0.29, 0.717) is 36.5 Å². The smallest absolute Gasteiger partial charge is 0.436 e. The van der Waals surface area contributed by atoms with E-state index >= 15 is 0 Å². The Bertz CT molecular complexity index is 1180. The minimum atomic E-state index is -0.752. The molecule has 2 heterocycles. The number of amidine groups is 1. The lowest BCUT2D eigenvalue weighted by Crippen LogP contribution is -2.38. The van der Waals surface area contributed by atoms with Crippen molar-refractivity contribution in [3.05, 3.63) is 57.8 Å². The van der Waals surface area contributed by atoms with Gasteiger partial charge in [-0.3, -0.25) is 14.2 Å². The summed E-state index contributed by atoms with van der Waals surface area (Å²) in [6, 6.07) is 6.46. The first kappa shape index (κ1) is 26.9. The molecule has 10 nitrogen and oxygen atoms in total. The molecule has 0 aliphatic carbocycles. The number of nitrogens with zero attached hydrogens (tertiary/aromatic N) is 4. The van der Waals surface area contributed by atoms with Crippen molar-refractivity contribution < 1.29 is 14.3 Å². The summed E-state index contributed by atoms with van der Waals surface area (Å²) in [6.45, 7) is 11.1. The highest BCUT2D eigenvalue weighted by Crippen LogP contribution is 2.24. The van der Waals surface area contributed by atoms with Crippen LogP contribution in [0.15, 0.2) is 40.2 Å². The Morgan fingerprint density at radius 3 is 2.56 bits per heavy atom. The van der Waals surface area contributed by atoms with Crippen LogP contribution in [0.2, 0.25) is 0 Å². The van der Waals surface area contributed by atoms with Gasteiger partial charge in [0, 0.05) is 31.6 Å². The van der Waals surface area contributed by atoms with Crippen molar-refractivity contribution in [3.63, 3.8) is 0 Å². The van der Waals surface area contributed by atoms with Crippen molar-refractivity contribution in [3.8, 4) is 0 Å². The minimum absolute atomic E-state index is 0.0503. The number of aliphatic imine (C=N–C) groups is 1. The predicted octanol–water partition coefficient (Wildman–Crippen LogP) is 2.92. The van der Waals surface area contributed by atoms with E-state index in [9.17, 15) is 14.4 Å². The quantitative estimate of drug-likeness (QED) is 0.424. The van der Waals surface area contributed by atoms with Crippen LogP contribution in [0.1, 0.15) is 70.5 Å². The summed E-state index contributed by atoms with van der Waals surface area (Å²) in [4.78, 5) is 48.4. The molecule has 3 rings (SSSR count). The molecule has 1 aliphatic heterocycles. The monoisotopic (exact) mass is 496 g/mol. The van der Waals surface area contributed by atoms with Crippen LogP contribution < -0.4 is 21.5 Å². The second kappa shape index (κ2) is 11.4. The molecule has 0 bridgehead atoms. The van der Waals surface area contributed by atoms with E-state index in [1.165, 1.54) is 0 Å². The summed E-state index contributed by atoms with van der Waals surface area (Å²) < 4.78 is 6.70. The summed E-state index contributed by atoms with van der Waals surface area (Å²) >= 11 is 0. The molecular weight excluding hydrogens is 460 g/mol. The van der Waals surface area contributed by atoms with E-state index in [1.807, 2.05) is 11.8 Å². The molecule has 1 atom stereocenters. The molecule has 0 fully saturated rings. The highest BCUT2D eigenvalue weighted by molar-refractivity contribution is 6.02. The normalized spacial score (nSPS) is 15.4. The zero-order valence-electron chi connectivity index (χ0n) is 21.7. The summed E-state index contributed by atoms with van der Waals surface area (Å²) in [5.74, 6) is 0.471. The molecule has 0 radical (unpaired) electrons. The molecule has 1 aromatic heterocycles. The number of anilines is 1. The number of carbonyl (C=O) groups is 2. The van der Waals surface area contributed by atoms with Crippen molar-refractivity contribution in [2.75, 3.05) is 18.0 Å². The Morgan fingerprint density at radius 1 is 1.25 bits per heavy atom. The number of aromatic nitrogens is 2. The van der Waals surface area contributed by atoms with E-state index in [0.717, 1.165) is 18.5 Å². The third kappa shape index (κ3) is 6.50. The fraction of sp³-hybridized carbons (Fsp3) is 0.500. The summed E-state index contributed by atoms with van der Waals surface area (Å²) in [5, 5.41) is 2.93. The van der Waals surface area contributed by atoms with E-state index in [1.54, 1.807) is 55.8 Å². The first-order valence-corrected chi connectivity index (χ1v) is 12.3. The van der Waals surface area contributed by atoms with Gasteiger partial charge in [0.15, 0.2) is 0 Å². The number of amides is 2. The van der Waals surface area contributed by atoms with Crippen LogP contribution in [-0.4, -0.2) is 46.1 Å². The summed E-state index contributed by atoms with van der Waals surface area (Å²) in [6.07, 6.45) is 2.91. The Kier molecular flexibility index (Phi) is 8.49. The molecule has 2 amide bonds. The lowest BCUT2D eigenvalue weighted by atomic mass is 10.1. The molecule has 3 N–H and O–H groups in total. The number of carbonyl (C=O) groups excluding carboxylic acids is 2. The lowest BCUT2D eigenvalue weighted by Gasteiger charge is -2.23. The number of benzene rings is 1. The average Bonchev–Trinajstić information content (AvgIpc) is 3.26. The molecule has 0 saturated carbocycles. The fourth-order valence-corrected chi connectivity index (χ4v) is 4.13. The molecule has 10 heteroatoms. The van der Waals surface area contributed by atoms with Gasteiger partial charge in [-0.25, -0.2) is 9.78 Å². The zero-order valence-corrected chi connectivity index (χ0v) is 21.7. The van der Waals surface area contributed by atoms with Crippen LogP contribution >= 0.6 is 0 Å². The highest BCUT2D eigenvalue weighted by atomic mass is 16.6. The Labute approximate surface area is 211 Å². The second-order valence-electron chi connectivity index (χ2n) is 9.76. The van der Waals surface area contributed by atoms with Gasteiger partial charge < -0.3 is 20.7 Å². The fourth-order valence-electron chi connectivity index (χ4n) is 4.13. The van der Waals surface area contributed by atoms with Crippen LogP contribution in [0, 0.1) is 0 Å². The lowest BCUT2D eigenvalue weighted by molar-refractivity contribution is -0.124. The molecule has 36 heavy (non-hydrogen) atoms. The third-order valence-corrected chi connectivity index (χ3v) is 5.85. The number of nitrogens with one attached hydrogen (secondary N) is 1. The van der Waals surface area contributed by atoms with Crippen LogP contribution in [0.3, 0.4) is 0 Å². The third-order valence-electron chi connectivity index (χ3n) is 5.85. The maximum absolute atomic E-state index is 13.2. The number of hydrogen-bond acceptors (Lipinski definition) is 6. The first-order valence-electron chi connectivity index (χ1n) is 12.3. The van der Waals surface area contributed by atoms with Gasteiger partial charge in [-0.15, -0.1) is 0 Å². The standard InChI is InChI=1S/C26H36N6O4/c1-6-14-31(7-2)20-16-28-21-13-12-19(32(21)24(20)34)23(33)29-15-17-8-10-18(11-9-17)22(27)30-25(35)36-26(3,4)5/h8-11,16,19H,6-7,12-15H2,1-5H3,(H,29,33)(H2,27,30,35). The zero-order chi connectivity index (χ0) is 26.5. The molecule has 1 unspecified atom stereocenters. The van der Waals surface area contributed by atoms with Crippen molar-refractivity contribution in [2.45, 2.75) is 72.1 Å². The largest absolute Gasteiger partial charge is 0.442 e. The predicted molar refractivity (Wildman–Crippen MR) is 139 cm³/mol. The number of hydrogen-bond donors (Lipinski definition) is 2. The first-order chi connectivity index (χ1) is 17.0. The second-order valence-corrected chi connectivity index (χ2v) is 9.76. The van der Waals surface area contributed by atoms with Crippen molar-refractivity contribution in [1.29, 1.82) is 0 Å². The molecule has 194 valence electrons. The number of aryl methyl sites for hydroxylation is 1. The molecule has 1 aliphatic rings. The van der Waals surface area contributed by atoms with Crippen molar-refractivity contribution >= 4 is 23.5 Å². The van der Waals surface area contributed by atoms with Gasteiger partial charge in [-0.1, -0.05) is 31.2 Å². The van der Waals surface area contributed by atoms with E-state index < -0.39 is 17.7 Å². The molecule has 0 saturated heterocycles. The topological polar surface area (TPSA) is 132 Å². The maximum Gasteiger partial charge on any atom is 0.436 e. The Hall–Kier alpha value is -3.69. The van der Waals surface area contributed by atoms with E-state index in [-0.39, 0.29) is 23.8 Å². The van der Waals surface area contributed by atoms with Gasteiger partial charge in [0.25, 0.3) is 5.56 Å². The van der Waals surface area contributed by atoms with Crippen molar-refractivity contribution in [1.82, 2.24) is 14.9 Å². The van der Waals surface area contributed by atoms with Gasteiger partial charge in [-0.05, 0) is 46.1 Å². The Balaban J connectivity index is 1.66. The van der Waals surface area contributed by atoms with Crippen LogP contribution in [-0.2, 0) is 22.5 Å². The average molecular weight is 497 g/mol. The SMILES string of the molecule is CCCN(CC)c1cnc2n(c1=O)C(C(=O)NCc1ccc(C(N)=NC(=O)OC(C)(C)C)cc1)CC2. The molecule has 1 aromatic carbocycles. The van der Waals surface area contributed by atoms with Gasteiger partial charge in [0.1, 0.15) is 29.0 Å². The van der Waals surface area contributed by atoms with Gasteiger partial charge in [0.2, 0.25) is 5.91 Å². The number of rotatable bonds is 8. The summed E-state index contributed by atoms with van der Waals surface area (Å²) in [7, 11) is 0. The number of fused-ring (bicyclic) bond motifs is 1. The molecule has 0 spiro atoms. The number of nitrogens with two attached hydrogens (primary N) is 1. The minimum Gasteiger partial charge on any atom is -0.442 e. The molecule has 2 aromatic rings. The van der Waals surface area contributed by atoms with Crippen molar-refractivity contribution in [2.24, 2.45) is 10.7 Å². The summed E-state index contributed by atoms with van der Waals surface area (Å²) in [5.41, 5.74) is 7.05. The van der Waals surface area contributed by atoms with Gasteiger partial charge in [-0.2, -0.15) is 4.99 Å². The highest BCUT2D eigenvalue weighted by Gasteiger charge is 2.31. The van der Waals surface area contributed by atoms with E-state index in [2.05, 4.69) is 22.2 Å². The van der Waals surface area contributed by atoms with Gasteiger partial charge >= 0.3 is 6.09 Å². The van der Waals surface area contributed by atoms with Gasteiger partial charge in [0.05, 0.1) is 6.20 Å². The van der Waals surface area contributed by atoms with Crippen LogP contribution in [0.5, 0.6) is 0 Å². The van der Waals surface area contributed by atoms with E-state index in [4.69, 9.17) is 10.5 Å². The molecular formula is C26H36N6O4. The Morgan fingerprint density at radius 2 is 1.94 bits per heavy atom. The number of ether oxygens (including phenoxy) is 1. The van der Waals surface area contributed by atoms with Crippen LogP contribution in [0.4, 0.5) is 10.5 Å².